The Kier molecular flexibility index (Phi) is 4.19. The van der Waals surface area contributed by atoms with Gasteiger partial charge < -0.3 is 9.47 Å². The van der Waals surface area contributed by atoms with Gasteiger partial charge in [-0.3, -0.25) is 0 Å². The number of carbonyl (C=O) groups excluding carboxylic acids is 1. The highest BCUT2D eigenvalue weighted by Crippen LogP contribution is 2.25. The molecule has 0 aromatic rings. The molecule has 0 aliphatic carbocycles. The van der Waals surface area contributed by atoms with E-state index < -0.39 is 5.79 Å². The van der Waals surface area contributed by atoms with Crippen LogP contribution in [0.4, 0.5) is 0 Å². The number of hydrogen-bond acceptors (Lipinski definition) is 3. The first-order chi connectivity index (χ1) is 6.93. The third-order valence-electron chi connectivity index (χ3n) is 1.95. The molecule has 84 valence electrons. The molecule has 15 heavy (non-hydrogen) atoms. The van der Waals surface area contributed by atoms with Crippen molar-refractivity contribution >= 4 is 28.6 Å². The van der Waals surface area contributed by atoms with Gasteiger partial charge in [-0.05, 0) is 17.4 Å². The van der Waals surface area contributed by atoms with Gasteiger partial charge in [0.2, 0.25) is 5.79 Å². The number of halogens is 1. The van der Waals surface area contributed by atoms with Gasteiger partial charge in [-0.1, -0.05) is 28.2 Å². The molecular weight excluding hydrogens is 307 g/mol. The molecule has 0 aromatic carbocycles. The van der Waals surface area contributed by atoms with E-state index in [-0.39, 0.29) is 5.97 Å². The summed E-state index contributed by atoms with van der Waals surface area (Å²) >= 11 is 2.20. The van der Waals surface area contributed by atoms with Crippen LogP contribution in [0.15, 0.2) is 21.5 Å². The molecule has 4 heteroatoms. The molecule has 1 heterocycles. The molecule has 0 amide bonds. The van der Waals surface area contributed by atoms with E-state index in [0.717, 1.165) is 12.8 Å². The standard InChI is InChI=1S/C11H15IO3/c1-8(7-12)4-5-9-6-10(13)15-11(2,3)14-9/h6-7H,4-5H2,1-3H3/b8-7+. The lowest BCUT2D eigenvalue weighted by atomic mass is 10.1. The first kappa shape index (κ1) is 12.5. The van der Waals surface area contributed by atoms with Gasteiger partial charge in [0, 0.05) is 20.3 Å². The maximum absolute atomic E-state index is 11.2. The number of ether oxygens (including phenoxy) is 2. The predicted octanol–water partition coefficient (Wildman–Crippen LogP) is 3.30. The normalized spacial score (nSPS) is 20.4. The molecular formula is C11H15IO3. The molecule has 0 aromatic heterocycles. The molecule has 0 spiro atoms. The van der Waals surface area contributed by atoms with Gasteiger partial charge >= 0.3 is 5.97 Å². The van der Waals surface area contributed by atoms with Gasteiger partial charge in [0.25, 0.3) is 0 Å². The fourth-order valence-corrected chi connectivity index (χ4v) is 1.58. The van der Waals surface area contributed by atoms with Crippen molar-refractivity contribution in [2.24, 2.45) is 0 Å². The fourth-order valence-electron chi connectivity index (χ4n) is 1.27. The number of allylic oxidation sites excluding steroid dienone is 2. The summed E-state index contributed by atoms with van der Waals surface area (Å²) in [5, 5.41) is 0. The van der Waals surface area contributed by atoms with Crippen LogP contribution in [0.2, 0.25) is 0 Å². The molecule has 0 fully saturated rings. The Morgan fingerprint density at radius 3 is 2.73 bits per heavy atom. The van der Waals surface area contributed by atoms with Crippen LogP contribution in [0.1, 0.15) is 33.6 Å². The van der Waals surface area contributed by atoms with Crippen molar-refractivity contribution in [2.45, 2.75) is 39.4 Å². The molecule has 0 unspecified atom stereocenters. The van der Waals surface area contributed by atoms with E-state index in [9.17, 15) is 4.79 Å². The van der Waals surface area contributed by atoms with Crippen LogP contribution in [-0.4, -0.2) is 11.8 Å². The largest absolute Gasteiger partial charge is 0.457 e. The molecule has 0 bridgehead atoms. The minimum atomic E-state index is -0.830. The second kappa shape index (κ2) is 5.01. The lowest BCUT2D eigenvalue weighted by Crippen LogP contribution is -2.34. The van der Waals surface area contributed by atoms with Gasteiger partial charge in [0.1, 0.15) is 5.76 Å². The minimum Gasteiger partial charge on any atom is -0.457 e. The van der Waals surface area contributed by atoms with Gasteiger partial charge in [-0.15, -0.1) is 0 Å². The Morgan fingerprint density at radius 1 is 1.53 bits per heavy atom. The Hall–Kier alpha value is -0.520. The molecule has 0 saturated heterocycles. The number of cyclic esters (lactones) is 1. The zero-order valence-corrected chi connectivity index (χ0v) is 11.3. The van der Waals surface area contributed by atoms with Crippen LogP contribution in [0, 0.1) is 0 Å². The number of esters is 1. The second-order valence-corrected chi connectivity index (χ2v) is 4.61. The van der Waals surface area contributed by atoms with Crippen molar-refractivity contribution in [3.63, 3.8) is 0 Å². The van der Waals surface area contributed by atoms with E-state index in [1.807, 2.05) is 4.08 Å². The van der Waals surface area contributed by atoms with Crippen molar-refractivity contribution in [1.82, 2.24) is 0 Å². The summed E-state index contributed by atoms with van der Waals surface area (Å²) < 4.78 is 12.5. The summed E-state index contributed by atoms with van der Waals surface area (Å²) in [5.41, 5.74) is 1.27. The van der Waals surface area contributed by atoms with Gasteiger partial charge in [0.15, 0.2) is 0 Å². The summed E-state index contributed by atoms with van der Waals surface area (Å²) in [6.07, 6.45) is 3.06. The van der Waals surface area contributed by atoms with E-state index in [4.69, 9.17) is 9.47 Å². The van der Waals surface area contributed by atoms with Crippen LogP contribution >= 0.6 is 22.6 Å². The maximum atomic E-state index is 11.2. The quantitative estimate of drug-likeness (QED) is 0.591. The SMILES string of the molecule is C/C(=C\I)CCC1=CC(=O)OC(C)(C)O1. The summed E-state index contributed by atoms with van der Waals surface area (Å²) in [4.78, 5) is 11.2. The van der Waals surface area contributed by atoms with Crippen LogP contribution in [0.3, 0.4) is 0 Å². The lowest BCUT2D eigenvalue weighted by molar-refractivity contribution is -0.205. The Balaban J connectivity index is 2.59. The fraction of sp³-hybridized carbons (Fsp3) is 0.545. The molecule has 3 nitrogen and oxygen atoms in total. The first-order valence-corrected chi connectivity index (χ1v) is 6.06. The van der Waals surface area contributed by atoms with Crippen molar-refractivity contribution in [3.8, 4) is 0 Å². The van der Waals surface area contributed by atoms with Gasteiger partial charge in [0.05, 0.1) is 6.08 Å². The average Bonchev–Trinajstić information content (AvgIpc) is 2.11. The highest BCUT2D eigenvalue weighted by molar-refractivity contribution is 14.1. The van der Waals surface area contributed by atoms with Gasteiger partial charge in [-0.25, -0.2) is 4.79 Å². The average molecular weight is 322 g/mol. The maximum Gasteiger partial charge on any atom is 0.337 e. The van der Waals surface area contributed by atoms with Crippen molar-refractivity contribution in [2.75, 3.05) is 0 Å². The van der Waals surface area contributed by atoms with Crippen molar-refractivity contribution in [3.05, 3.63) is 21.5 Å². The van der Waals surface area contributed by atoms with Crippen LogP contribution in [-0.2, 0) is 14.3 Å². The lowest BCUT2D eigenvalue weighted by Gasteiger charge is -2.30. The molecule has 0 radical (unpaired) electrons. The van der Waals surface area contributed by atoms with Crippen LogP contribution in [0.5, 0.6) is 0 Å². The zero-order valence-electron chi connectivity index (χ0n) is 9.17. The topological polar surface area (TPSA) is 35.5 Å². The highest BCUT2D eigenvalue weighted by Gasteiger charge is 2.29. The van der Waals surface area contributed by atoms with Crippen molar-refractivity contribution < 1.29 is 14.3 Å². The van der Waals surface area contributed by atoms with E-state index in [1.165, 1.54) is 11.6 Å². The first-order valence-electron chi connectivity index (χ1n) is 4.81. The molecule has 0 N–H and O–H groups in total. The summed E-state index contributed by atoms with van der Waals surface area (Å²) in [6.45, 7) is 5.52. The van der Waals surface area contributed by atoms with Crippen LogP contribution < -0.4 is 0 Å². The van der Waals surface area contributed by atoms with E-state index in [0.29, 0.717) is 5.76 Å². The van der Waals surface area contributed by atoms with E-state index in [2.05, 4.69) is 29.5 Å². The summed E-state index contributed by atoms with van der Waals surface area (Å²) in [7, 11) is 0. The van der Waals surface area contributed by atoms with Gasteiger partial charge in [-0.2, -0.15) is 0 Å². The Labute approximate surface area is 104 Å². The van der Waals surface area contributed by atoms with E-state index in [1.54, 1.807) is 13.8 Å². The highest BCUT2D eigenvalue weighted by atomic mass is 127. The molecule has 1 aliphatic rings. The minimum absolute atomic E-state index is 0.322. The van der Waals surface area contributed by atoms with E-state index >= 15 is 0 Å². The Morgan fingerprint density at radius 2 is 2.20 bits per heavy atom. The zero-order chi connectivity index (χ0) is 11.5. The smallest absolute Gasteiger partial charge is 0.337 e. The third kappa shape index (κ3) is 4.24. The van der Waals surface area contributed by atoms with Crippen LogP contribution in [0.25, 0.3) is 0 Å². The Bertz CT molecular complexity index is 316. The number of hydrogen-bond donors (Lipinski definition) is 0. The molecule has 1 rings (SSSR count). The second-order valence-electron chi connectivity index (χ2n) is 3.99. The summed E-state index contributed by atoms with van der Waals surface area (Å²) in [6, 6.07) is 0. The molecule has 0 saturated carbocycles. The number of carbonyl (C=O) groups is 1. The monoisotopic (exact) mass is 322 g/mol. The van der Waals surface area contributed by atoms with Crippen molar-refractivity contribution in [1.29, 1.82) is 0 Å². The number of rotatable bonds is 3. The summed E-state index contributed by atoms with van der Waals surface area (Å²) in [5.74, 6) is -0.450. The molecule has 0 atom stereocenters. The molecule has 1 aliphatic heterocycles. The predicted molar refractivity (Wildman–Crippen MR) is 66.4 cm³/mol. The third-order valence-corrected chi connectivity index (χ3v) is 3.02.